The van der Waals surface area contributed by atoms with Crippen molar-refractivity contribution in [1.29, 1.82) is 0 Å². The number of anilines is 1. The molecule has 0 saturated heterocycles. The van der Waals surface area contributed by atoms with Crippen LogP contribution < -0.4 is 10.6 Å². The Hall–Kier alpha value is -3.65. The first kappa shape index (κ1) is 24.5. The molecule has 4 rings (SSSR count). The van der Waals surface area contributed by atoms with Gasteiger partial charge in [0, 0.05) is 16.9 Å². The van der Waals surface area contributed by atoms with Crippen molar-refractivity contribution < 1.29 is 24.2 Å². The largest absolute Gasteiger partial charge is 0.478 e. The predicted molar refractivity (Wildman–Crippen MR) is 137 cm³/mol. The maximum Gasteiger partial charge on any atom is 0.407 e. The summed E-state index contributed by atoms with van der Waals surface area (Å²) in [6, 6.07) is 20.8. The Morgan fingerprint density at radius 2 is 1.54 bits per heavy atom. The van der Waals surface area contributed by atoms with Gasteiger partial charge in [0.15, 0.2) is 0 Å². The fourth-order valence-corrected chi connectivity index (χ4v) is 4.60. The molecule has 0 spiro atoms. The fraction of sp³-hybridized carbons (Fsp3) is 0.222. The van der Waals surface area contributed by atoms with E-state index in [1.54, 1.807) is 26.0 Å². The van der Waals surface area contributed by atoms with E-state index in [1.165, 1.54) is 6.07 Å². The van der Waals surface area contributed by atoms with Crippen LogP contribution in [0.1, 0.15) is 41.3 Å². The second-order valence-corrected chi connectivity index (χ2v) is 9.84. The standard InChI is InChI=1S/C27H25BrN2O5/c1-27(2,25(33)30-23-20(24(31)32)12-7-13-22(23)28)15-29-26(34)35-14-21-18-10-5-3-8-16(18)17-9-4-6-11-19(17)21/h3-13,21H,14-15H2,1-2H3,(H,29,34)(H,30,33)(H,31,32). The number of hydrogen-bond donors (Lipinski definition) is 3. The molecule has 0 atom stereocenters. The van der Waals surface area contributed by atoms with Gasteiger partial charge in [0.2, 0.25) is 5.91 Å². The number of hydrogen-bond acceptors (Lipinski definition) is 4. The summed E-state index contributed by atoms with van der Waals surface area (Å²) in [5.41, 5.74) is 3.61. The number of para-hydroxylation sites is 1. The normalized spacial score (nSPS) is 12.4. The highest BCUT2D eigenvalue weighted by atomic mass is 79.9. The molecule has 0 heterocycles. The summed E-state index contributed by atoms with van der Waals surface area (Å²) in [6.07, 6.45) is -0.625. The second-order valence-electron chi connectivity index (χ2n) is 8.98. The van der Waals surface area contributed by atoms with Crippen molar-refractivity contribution in [3.63, 3.8) is 0 Å². The highest BCUT2D eigenvalue weighted by Gasteiger charge is 2.32. The monoisotopic (exact) mass is 536 g/mol. The van der Waals surface area contributed by atoms with Gasteiger partial charge in [-0.2, -0.15) is 0 Å². The summed E-state index contributed by atoms with van der Waals surface area (Å²) < 4.78 is 5.99. The number of halogens is 1. The van der Waals surface area contributed by atoms with Crippen LogP contribution in [0.3, 0.4) is 0 Å². The van der Waals surface area contributed by atoms with Crippen LogP contribution in [0.5, 0.6) is 0 Å². The number of rotatable bonds is 7. The van der Waals surface area contributed by atoms with E-state index in [0.29, 0.717) is 4.47 Å². The van der Waals surface area contributed by atoms with Gasteiger partial charge in [0.25, 0.3) is 0 Å². The van der Waals surface area contributed by atoms with Crippen LogP contribution in [0, 0.1) is 5.41 Å². The number of ether oxygens (including phenoxy) is 1. The topological polar surface area (TPSA) is 105 Å². The van der Waals surface area contributed by atoms with E-state index in [1.807, 2.05) is 36.4 Å². The van der Waals surface area contributed by atoms with Gasteiger partial charge in [-0.3, -0.25) is 4.79 Å². The number of fused-ring (bicyclic) bond motifs is 3. The number of nitrogens with one attached hydrogen (secondary N) is 2. The van der Waals surface area contributed by atoms with Crippen LogP contribution in [-0.2, 0) is 9.53 Å². The van der Waals surface area contributed by atoms with Gasteiger partial charge in [-0.15, -0.1) is 0 Å². The maximum absolute atomic E-state index is 12.9. The number of carbonyl (C=O) groups is 3. The zero-order chi connectivity index (χ0) is 25.2. The molecule has 3 N–H and O–H groups in total. The lowest BCUT2D eigenvalue weighted by Gasteiger charge is -2.25. The van der Waals surface area contributed by atoms with E-state index in [0.717, 1.165) is 22.3 Å². The molecule has 0 aliphatic heterocycles. The highest BCUT2D eigenvalue weighted by molar-refractivity contribution is 9.10. The molecule has 2 amide bonds. The smallest absolute Gasteiger partial charge is 0.407 e. The van der Waals surface area contributed by atoms with E-state index in [2.05, 4.69) is 38.7 Å². The molecule has 3 aromatic rings. The predicted octanol–water partition coefficient (Wildman–Crippen LogP) is 5.65. The Labute approximate surface area is 211 Å². The second kappa shape index (κ2) is 9.92. The number of amides is 2. The summed E-state index contributed by atoms with van der Waals surface area (Å²) in [5, 5.41) is 14.7. The Balaban J connectivity index is 1.37. The third kappa shape index (κ3) is 5.07. The molecule has 0 bridgehead atoms. The summed E-state index contributed by atoms with van der Waals surface area (Å²) in [4.78, 5) is 36.9. The zero-order valence-electron chi connectivity index (χ0n) is 19.3. The molecule has 0 radical (unpaired) electrons. The number of aromatic carboxylic acids is 1. The summed E-state index contributed by atoms with van der Waals surface area (Å²) in [6.45, 7) is 3.49. The first-order valence-electron chi connectivity index (χ1n) is 11.1. The van der Waals surface area contributed by atoms with Crippen LogP contribution in [0.15, 0.2) is 71.2 Å². The van der Waals surface area contributed by atoms with Gasteiger partial charge in [-0.1, -0.05) is 54.6 Å². The summed E-state index contributed by atoms with van der Waals surface area (Å²) >= 11 is 3.28. The molecule has 1 aliphatic carbocycles. The third-order valence-corrected chi connectivity index (χ3v) is 6.78. The van der Waals surface area contributed by atoms with Crippen molar-refractivity contribution in [2.75, 3.05) is 18.5 Å². The zero-order valence-corrected chi connectivity index (χ0v) is 20.9. The lowest BCUT2D eigenvalue weighted by molar-refractivity contribution is -0.123. The summed E-state index contributed by atoms with van der Waals surface area (Å²) in [7, 11) is 0. The first-order valence-corrected chi connectivity index (χ1v) is 11.9. The van der Waals surface area contributed by atoms with Crippen molar-refractivity contribution in [2.45, 2.75) is 19.8 Å². The lowest BCUT2D eigenvalue weighted by Crippen LogP contribution is -2.42. The van der Waals surface area contributed by atoms with Crippen LogP contribution in [0.25, 0.3) is 11.1 Å². The lowest BCUT2D eigenvalue weighted by atomic mass is 9.92. The Bertz CT molecular complexity index is 1260. The van der Waals surface area contributed by atoms with E-state index < -0.39 is 23.4 Å². The van der Waals surface area contributed by atoms with Crippen LogP contribution >= 0.6 is 15.9 Å². The van der Waals surface area contributed by atoms with Crippen molar-refractivity contribution in [2.24, 2.45) is 5.41 Å². The Morgan fingerprint density at radius 1 is 0.943 bits per heavy atom. The SMILES string of the molecule is CC(C)(CNC(=O)OCC1c2ccccc2-c2ccccc21)C(=O)Nc1c(Br)cccc1C(=O)O. The molecule has 0 aromatic heterocycles. The van der Waals surface area contributed by atoms with Crippen LogP contribution in [-0.4, -0.2) is 36.2 Å². The number of benzene rings is 3. The molecule has 0 fully saturated rings. The number of alkyl carbamates (subject to hydrolysis) is 1. The average molecular weight is 537 g/mol. The minimum atomic E-state index is -1.16. The van der Waals surface area contributed by atoms with Crippen molar-refractivity contribution in [1.82, 2.24) is 5.32 Å². The van der Waals surface area contributed by atoms with Gasteiger partial charge in [-0.05, 0) is 64.2 Å². The van der Waals surface area contributed by atoms with Crippen molar-refractivity contribution >= 4 is 39.6 Å². The molecule has 3 aromatic carbocycles. The van der Waals surface area contributed by atoms with Crippen LogP contribution in [0.2, 0.25) is 0 Å². The van der Waals surface area contributed by atoms with Crippen molar-refractivity contribution in [3.05, 3.63) is 87.9 Å². The molecule has 7 nitrogen and oxygen atoms in total. The quantitative estimate of drug-likeness (QED) is 0.361. The van der Waals surface area contributed by atoms with Gasteiger partial charge in [0.05, 0.1) is 16.7 Å². The Morgan fingerprint density at radius 3 is 2.14 bits per heavy atom. The maximum atomic E-state index is 12.9. The van der Waals surface area contributed by atoms with Crippen molar-refractivity contribution in [3.8, 4) is 11.1 Å². The molecule has 8 heteroatoms. The third-order valence-electron chi connectivity index (χ3n) is 6.12. The Kier molecular flexibility index (Phi) is 6.93. The minimum absolute atomic E-state index is 0.00235. The summed E-state index contributed by atoms with van der Waals surface area (Å²) in [5.74, 6) is -1.66. The molecule has 0 saturated carbocycles. The minimum Gasteiger partial charge on any atom is -0.478 e. The van der Waals surface area contributed by atoms with Gasteiger partial charge in [0.1, 0.15) is 6.61 Å². The number of carboxylic acid groups (broad SMARTS) is 1. The first-order chi connectivity index (χ1) is 16.7. The highest BCUT2D eigenvalue weighted by Crippen LogP contribution is 2.44. The molecular weight excluding hydrogens is 512 g/mol. The van der Waals surface area contributed by atoms with E-state index >= 15 is 0 Å². The average Bonchev–Trinajstić information content (AvgIpc) is 3.16. The van der Waals surface area contributed by atoms with E-state index in [9.17, 15) is 19.5 Å². The molecule has 0 unspecified atom stereocenters. The van der Waals surface area contributed by atoms with E-state index in [-0.39, 0.29) is 30.3 Å². The fourth-order valence-electron chi connectivity index (χ4n) is 4.13. The van der Waals surface area contributed by atoms with Gasteiger partial charge < -0.3 is 20.5 Å². The van der Waals surface area contributed by atoms with Gasteiger partial charge in [-0.25, -0.2) is 9.59 Å². The van der Waals surface area contributed by atoms with Gasteiger partial charge >= 0.3 is 12.1 Å². The molecule has 180 valence electrons. The number of carboxylic acids is 1. The molecule has 35 heavy (non-hydrogen) atoms. The number of carbonyl (C=O) groups excluding carboxylic acids is 2. The molecule has 1 aliphatic rings. The molecular formula is C27H25BrN2O5. The van der Waals surface area contributed by atoms with Crippen LogP contribution in [0.4, 0.5) is 10.5 Å². The van der Waals surface area contributed by atoms with E-state index in [4.69, 9.17) is 4.74 Å².